The van der Waals surface area contributed by atoms with Crippen LogP contribution in [-0.4, -0.2) is 59.5 Å². The van der Waals surface area contributed by atoms with Gasteiger partial charge in [0.1, 0.15) is 12.1 Å². The van der Waals surface area contributed by atoms with Gasteiger partial charge in [-0.15, -0.1) is 0 Å². The van der Waals surface area contributed by atoms with Crippen LogP contribution >= 0.6 is 11.3 Å². The summed E-state index contributed by atoms with van der Waals surface area (Å²) < 4.78 is 0. The quantitative estimate of drug-likeness (QED) is 0.835. The number of thiophene rings is 1. The Kier molecular flexibility index (Phi) is 3.54. The zero-order chi connectivity index (χ0) is 15.9. The van der Waals surface area contributed by atoms with Gasteiger partial charge in [-0.3, -0.25) is 9.69 Å². The van der Waals surface area contributed by atoms with Crippen LogP contribution in [0.15, 0.2) is 35.4 Å². The highest BCUT2D eigenvalue weighted by Crippen LogP contribution is 2.35. The van der Waals surface area contributed by atoms with Crippen LogP contribution in [0.25, 0.3) is 0 Å². The van der Waals surface area contributed by atoms with Gasteiger partial charge in [0, 0.05) is 31.2 Å². The number of hydrogen-bond donors (Lipinski definition) is 0. The van der Waals surface area contributed by atoms with Crippen LogP contribution in [0.3, 0.4) is 0 Å². The summed E-state index contributed by atoms with van der Waals surface area (Å²) >= 11 is 1.63. The Balaban J connectivity index is 1.59. The summed E-state index contributed by atoms with van der Waals surface area (Å²) in [4.78, 5) is 27.3. The van der Waals surface area contributed by atoms with Crippen molar-refractivity contribution >= 4 is 28.7 Å². The molecule has 0 radical (unpaired) electrons. The van der Waals surface area contributed by atoms with E-state index in [2.05, 4.69) is 26.8 Å². The predicted octanol–water partition coefficient (Wildman–Crippen LogP) is 1.47. The molecule has 2 aliphatic heterocycles. The molecule has 0 aromatic carbocycles. The minimum Gasteiger partial charge on any atom is -0.355 e. The Morgan fingerprint density at radius 3 is 2.96 bits per heavy atom. The van der Waals surface area contributed by atoms with Crippen molar-refractivity contribution in [3.63, 3.8) is 0 Å². The van der Waals surface area contributed by atoms with E-state index in [1.54, 1.807) is 23.9 Å². The largest absolute Gasteiger partial charge is 0.355 e. The first-order chi connectivity index (χ1) is 11.2. The molecule has 120 valence electrons. The minimum atomic E-state index is -0.0131. The molecule has 4 heterocycles. The van der Waals surface area contributed by atoms with E-state index in [4.69, 9.17) is 0 Å². The lowest BCUT2D eigenvalue weighted by atomic mass is 9.93. The normalized spacial score (nSPS) is 25.5. The van der Waals surface area contributed by atoms with Crippen LogP contribution in [0.5, 0.6) is 0 Å². The van der Waals surface area contributed by atoms with Gasteiger partial charge in [-0.1, -0.05) is 0 Å². The number of carbonyl (C=O) groups is 1. The van der Waals surface area contributed by atoms with Crippen molar-refractivity contribution in [1.82, 2.24) is 14.9 Å². The number of amides is 1. The van der Waals surface area contributed by atoms with Gasteiger partial charge in [-0.25, -0.2) is 9.97 Å². The lowest BCUT2D eigenvalue weighted by Crippen LogP contribution is -2.64. The van der Waals surface area contributed by atoms with Gasteiger partial charge in [0.25, 0.3) is 0 Å². The summed E-state index contributed by atoms with van der Waals surface area (Å²) in [6.07, 6.45) is 4.40. The number of nitrogens with zero attached hydrogens (tertiary/aromatic N) is 5. The first kappa shape index (κ1) is 14.6. The van der Waals surface area contributed by atoms with Crippen LogP contribution in [0.2, 0.25) is 0 Å². The molecule has 1 unspecified atom stereocenters. The van der Waals surface area contributed by atoms with Gasteiger partial charge in [0.05, 0.1) is 17.8 Å². The smallest absolute Gasteiger partial charge is 0.241 e. The van der Waals surface area contributed by atoms with E-state index in [9.17, 15) is 4.79 Å². The van der Waals surface area contributed by atoms with Crippen LogP contribution in [0, 0.1) is 0 Å². The maximum absolute atomic E-state index is 12.4. The monoisotopic (exact) mass is 329 g/mol. The van der Waals surface area contributed by atoms with Crippen LogP contribution in [-0.2, 0) is 4.79 Å². The number of aromatic nitrogens is 2. The highest BCUT2D eigenvalue weighted by Gasteiger charge is 2.48. The Morgan fingerprint density at radius 1 is 1.30 bits per heavy atom. The standard InChI is InChI=1S/C16H19N5OS/c1-19-8-15(22)21(13-3-7-23-9-13)11-16(19)4-6-20(10-16)14-2-5-17-12-18-14/h2-3,5,7,9,12H,4,6,8,10-11H2,1H3. The van der Waals surface area contributed by atoms with Crippen LogP contribution in [0.4, 0.5) is 11.5 Å². The molecule has 1 atom stereocenters. The number of piperazine rings is 1. The molecule has 2 aliphatic rings. The zero-order valence-electron chi connectivity index (χ0n) is 13.1. The third-order valence-electron chi connectivity index (χ3n) is 4.98. The number of likely N-dealkylation sites (N-methyl/N-ethyl adjacent to an activating group) is 1. The first-order valence-electron chi connectivity index (χ1n) is 7.73. The Hall–Kier alpha value is -1.99. The molecule has 1 amide bonds. The second-order valence-electron chi connectivity index (χ2n) is 6.28. The van der Waals surface area contributed by atoms with E-state index < -0.39 is 0 Å². The van der Waals surface area contributed by atoms with Crippen LogP contribution in [0.1, 0.15) is 6.42 Å². The third kappa shape index (κ3) is 2.49. The van der Waals surface area contributed by atoms with Gasteiger partial charge in [0.15, 0.2) is 0 Å². The molecule has 2 fully saturated rings. The van der Waals surface area contributed by atoms with Crippen molar-refractivity contribution in [1.29, 1.82) is 0 Å². The van der Waals surface area contributed by atoms with E-state index in [-0.39, 0.29) is 11.4 Å². The number of hydrogen-bond acceptors (Lipinski definition) is 6. The third-order valence-corrected chi connectivity index (χ3v) is 5.65. The maximum Gasteiger partial charge on any atom is 0.241 e. The molecule has 2 aromatic rings. The van der Waals surface area contributed by atoms with Gasteiger partial charge < -0.3 is 9.80 Å². The van der Waals surface area contributed by atoms with Crippen molar-refractivity contribution in [2.24, 2.45) is 0 Å². The highest BCUT2D eigenvalue weighted by molar-refractivity contribution is 7.08. The van der Waals surface area contributed by atoms with E-state index >= 15 is 0 Å². The summed E-state index contributed by atoms with van der Waals surface area (Å²) in [6.45, 7) is 3.04. The molecule has 0 aliphatic carbocycles. The molecule has 1 spiro atoms. The molecule has 2 saturated heterocycles. The van der Waals surface area contributed by atoms with E-state index in [1.807, 2.05) is 27.8 Å². The number of anilines is 2. The second-order valence-corrected chi connectivity index (χ2v) is 7.06. The summed E-state index contributed by atoms with van der Waals surface area (Å²) in [5.41, 5.74) is 1.01. The summed E-state index contributed by atoms with van der Waals surface area (Å²) in [5, 5.41) is 4.07. The Morgan fingerprint density at radius 2 is 2.22 bits per heavy atom. The van der Waals surface area contributed by atoms with Crippen molar-refractivity contribution in [3.05, 3.63) is 35.4 Å². The minimum absolute atomic E-state index is 0.0131. The molecule has 7 heteroatoms. The van der Waals surface area contributed by atoms with Crippen molar-refractivity contribution in [3.8, 4) is 0 Å². The lowest BCUT2D eigenvalue weighted by molar-refractivity contribution is -0.123. The molecule has 6 nitrogen and oxygen atoms in total. The first-order valence-corrected chi connectivity index (χ1v) is 8.67. The summed E-state index contributed by atoms with van der Waals surface area (Å²) in [6, 6.07) is 3.97. The van der Waals surface area contributed by atoms with Crippen molar-refractivity contribution in [2.75, 3.05) is 43.0 Å². The van der Waals surface area contributed by atoms with Crippen molar-refractivity contribution < 1.29 is 4.79 Å². The maximum atomic E-state index is 12.4. The zero-order valence-corrected chi connectivity index (χ0v) is 13.9. The van der Waals surface area contributed by atoms with Crippen LogP contribution < -0.4 is 9.80 Å². The molecule has 0 N–H and O–H groups in total. The fourth-order valence-corrected chi connectivity index (χ4v) is 4.21. The van der Waals surface area contributed by atoms with Crippen molar-refractivity contribution in [2.45, 2.75) is 12.0 Å². The van der Waals surface area contributed by atoms with E-state index in [1.165, 1.54) is 0 Å². The highest BCUT2D eigenvalue weighted by atomic mass is 32.1. The Labute approximate surface area is 139 Å². The fraction of sp³-hybridized carbons (Fsp3) is 0.438. The van der Waals surface area contributed by atoms with Gasteiger partial charge in [0.2, 0.25) is 5.91 Å². The number of rotatable bonds is 2. The molecule has 23 heavy (non-hydrogen) atoms. The molecular weight excluding hydrogens is 310 g/mol. The van der Waals surface area contributed by atoms with Gasteiger partial charge in [-0.2, -0.15) is 11.3 Å². The lowest BCUT2D eigenvalue weighted by Gasteiger charge is -2.46. The molecule has 0 saturated carbocycles. The molecule has 2 aromatic heterocycles. The van der Waals surface area contributed by atoms with E-state index in [0.29, 0.717) is 6.54 Å². The predicted molar refractivity (Wildman–Crippen MR) is 90.9 cm³/mol. The topological polar surface area (TPSA) is 52.6 Å². The average molecular weight is 329 g/mol. The summed E-state index contributed by atoms with van der Waals surface area (Å²) in [7, 11) is 2.06. The summed E-state index contributed by atoms with van der Waals surface area (Å²) in [5.74, 6) is 1.14. The fourth-order valence-electron chi connectivity index (χ4n) is 3.57. The Bertz CT molecular complexity index is 692. The number of carbonyl (C=O) groups excluding carboxylic acids is 1. The SMILES string of the molecule is CN1CC(=O)N(c2ccsc2)CC12CCN(c1ccncn1)C2. The molecular formula is C16H19N5OS. The average Bonchev–Trinajstić information content (AvgIpc) is 3.23. The van der Waals surface area contributed by atoms with Gasteiger partial charge >= 0.3 is 0 Å². The van der Waals surface area contributed by atoms with E-state index in [0.717, 1.165) is 37.6 Å². The molecule has 0 bridgehead atoms. The van der Waals surface area contributed by atoms with Gasteiger partial charge in [-0.05, 0) is 31.0 Å². The molecule has 4 rings (SSSR count). The second kappa shape index (κ2) is 5.58.